The lowest BCUT2D eigenvalue weighted by Crippen LogP contribution is -2.31. The Morgan fingerprint density at radius 2 is 2.30 bits per heavy atom. The number of likely N-dealkylation sites (tertiary alicyclic amines) is 1. The highest BCUT2D eigenvalue weighted by molar-refractivity contribution is 6.04. The lowest BCUT2D eigenvalue weighted by atomic mass is 10.1. The van der Waals surface area contributed by atoms with Crippen LogP contribution in [0.4, 0.5) is 5.82 Å². The number of hydrogen-bond acceptors (Lipinski definition) is 6. The van der Waals surface area contributed by atoms with Gasteiger partial charge in [-0.2, -0.15) is 0 Å². The molecule has 0 aliphatic carbocycles. The summed E-state index contributed by atoms with van der Waals surface area (Å²) in [6, 6.07) is 0.0542. The first-order valence-electron chi connectivity index (χ1n) is 8.82. The van der Waals surface area contributed by atoms with Crippen molar-refractivity contribution in [1.82, 2.24) is 25.2 Å². The third-order valence-electron chi connectivity index (χ3n) is 4.65. The molecule has 27 heavy (non-hydrogen) atoms. The number of amides is 2. The van der Waals surface area contributed by atoms with Gasteiger partial charge >= 0.3 is 0 Å². The first-order chi connectivity index (χ1) is 13.0. The van der Waals surface area contributed by atoms with Crippen LogP contribution in [0.2, 0.25) is 0 Å². The molecule has 0 aromatic carbocycles. The summed E-state index contributed by atoms with van der Waals surface area (Å²) >= 11 is 0. The third kappa shape index (κ3) is 4.08. The largest absolute Gasteiger partial charge is 0.383 e. The number of aromatic nitrogens is 3. The van der Waals surface area contributed by atoms with Crippen LogP contribution in [-0.2, 0) is 9.53 Å². The van der Waals surface area contributed by atoms with E-state index in [1.165, 1.54) is 6.08 Å². The Bertz CT molecular complexity index is 849. The third-order valence-corrected chi connectivity index (χ3v) is 4.65. The Kier molecular flexibility index (Phi) is 5.70. The summed E-state index contributed by atoms with van der Waals surface area (Å²) in [6.07, 6.45) is 4.55. The Balaban J connectivity index is 1.74. The van der Waals surface area contributed by atoms with E-state index in [-0.39, 0.29) is 23.8 Å². The quantitative estimate of drug-likeness (QED) is 0.489. The van der Waals surface area contributed by atoms with Gasteiger partial charge in [0.2, 0.25) is 5.91 Å². The highest BCUT2D eigenvalue weighted by Gasteiger charge is 2.31. The number of ether oxygens (including phenoxy) is 1. The fraction of sp³-hybridized carbons (Fsp3) is 0.444. The molecule has 3 N–H and O–H groups in total. The molecule has 0 saturated carbocycles. The molecule has 2 aromatic heterocycles. The summed E-state index contributed by atoms with van der Waals surface area (Å²) in [7, 11) is 1.58. The lowest BCUT2D eigenvalue weighted by Gasteiger charge is -2.17. The molecule has 1 aliphatic heterocycles. The molecule has 2 unspecified atom stereocenters. The molecular weight excluding hydrogens is 348 g/mol. The Morgan fingerprint density at radius 3 is 3.04 bits per heavy atom. The van der Waals surface area contributed by atoms with Crippen molar-refractivity contribution in [2.45, 2.75) is 13.0 Å². The van der Waals surface area contributed by atoms with Gasteiger partial charge in [0.15, 0.2) is 5.65 Å². The lowest BCUT2D eigenvalue weighted by molar-refractivity contribution is -0.125. The van der Waals surface area contributed by atoms with E-state index >= 15 is 0 Å². The Labute approximate surface area is 157 Å². The van der Waals surface area contributed by atoms with Crippen LogP contribution in [0.1, 0.15) is 17.3 Å². The average molecular weight is 372 g/mol. The molecule has 0 radical (unpaired) electrons. The van der Waals surface area contributed by atoms with E-state index in [2.05, 4.69) is 39.1 Å². The highest BCUT2D eigenvalue weighted by Crippen LogP contribution is 2.22. The SMILES string of the molecule is C=CC(=O)N1CC(C)C(Nc2cnc3[nH]cc(C(=O)NCCOC)c3n2)C1. The number of carbonyl (C=O) groups excluding carboxylic acids is 2. The predicted molar refractivity (Wildman–Crippen MR) is 101 cm³/mol. The van der Waals surface area contributed by atoms with Crippen molar-refractivity contribution in [3.8, 4) is 0 Å². The molecule has 2 amide bonds. The zero-order valence-electron chi connectivity index (χ0n) is 15.5. The van der Waals surface area contributed by atoms with Gasteiger partial charge in [-0.15, -0.1) is 0 Å². The second kappa shape index (κ2) is 8.17. The van der Waals surface area contributed by atoms with Gasteiger partial charge in [-0.25, -0.2) is 9.97 Å². The number of nitrogens with one attached hydrogen (secondary N) is 3. The van der Waals surface area contributed by atoms with Crippen LogP contribution in [0.25, 0.3) is 11.2 Å². The molecule has 0 spiro atoms. The molecule has 3 heterocycles. The van der Waals surface area contributed by atoms with Crippen molar-refractivity contribution in [2.75, 3.05) is 38.7 Å². The first kappa shape index (κ1) is 18.8. The molecule has 9 nitrogen and oxygen atoms in total. The van der Waals surface area contributed by atoms with Gasteiger partial charge in [0.1, 0.15) is 11.3 Å². The van der Waals surface area contributed by atoms with Gasteiger partial charge in [0, 0.05) is 39.0 Å². The van der Waals surface area contributed by atoms with Gasteiger partial charge in [-0.1, -0.05) is 13.5 Å². The predicted octanol–water partition coefficient (Wildman–Crippen LogP) is 0.779. The van der Waals surface area contributed by atoms with Crippen LogP contribution in [-0.4, -0.2) is 71.1 Å². The van der Waals surface area contributed by atoms with Crippen molar-refractivity contribution >= 4 is 28.8 Å². The Hall–Kier alpha value is -2.94. The maximum Gasteiger partial charge on any atom is 0.255 e. The molecule has 3 rings (SSSR count). The monoisotopic (exact) mass is 372 g/mol. The minimum absolute atomic E-state index is 0.0542. The number of fused-ring (bicyclic) bond motifs is 1. The molecule has 1 aliphatic rings. The number of hydrogen-bond donors (Lipinski definition) is 3. The second-order valence-electron chi connectivity index (χ2n) is 6.58. The summed E-state index contributed by atoms with van der Waals surface area (Å²) in [5.74, 6) is 0.516. The minimum atomic E-state index is -0.235. The van der Waals surface area contributed by atoms with E-state index in [4.69, 9.17) is 4.74 Å². The van der Waals surface area contributed by atoms with E-state index < -0.39 is 0 Å². The van der Waals surface area contributed by atoms with Gasteiger partial charge in [-0.3, -0.25) is 9.59 Å². The average Bonchev–Trinajstić information content (AvgIpc) is 3.25. The molecule has 0 bridgehead atoms. The van der Waals surface area contributed by atoms with Crippen molar-refractivity contribution in [1.29, 1.82) is 0 Å². The van der Waals surface area contributed by atoms with E-state index in [0.717, 1.165) is 0 Å². The van der Waals surface area contributed by atoms with Crippen molar-refractivity contribution in [2.24, 2.45) is 5.92 Å². The smallest absolute Gasteiger partial charge is 0.255 e. The maximum atomic E-state index is 12.3. The van der Waals surface area contributed by atoms with Gasteiger partial charge in [-0.05, 0) is 12.0 Å². The number of anilines is 1. The van der Waals surface area contributed by atoms with Crippen LogP contribution < -0.4 is 10.6 Å². The van der Waals surface area contributed by atoms with Crippen molar-refractivity contribution in [3.05, 3.63) is 30.6 Å². The van der Waals surface area contributed by atoms with Crippen LogP contribution in [0.15, 0.2) is 25.0 Å². The number of nitrogens with zero attached hydrogens (tertiary/aromatic N) is 3. The summed E-state index contributed by atoms with van der Waals surface area (Å²) in [5, 5.41) is 6.11. The Morgan fingerprint density at radius 1 is 1.48 bits per heavy atom. The van der Waals surface area contributed by atoms with Gasteiger partial charge in [0.25, 0.3) is 5.91 Å². The van der Waals surface area contributed by atoms with Gasteiger partial charge < -0.3 is 25.3 Å². The van der Waals surface area contributed by atoms with E-state index in [1.807, 2.05) is 0 Å². The fourth-order valence-corrected chi connectivity index (χ4v) is 3.15. The van der Waals surface area contributed by atoms with Gasteiger partial charge in [0.05, 0.1) is 18.4 Å². The highest BCUT2D eigenvalue weighted by atomic mass is 16.5. The molecule has 9 heteroatoms. The molecule has 1 fully saturated rings. The molecular formula is C18H24N6O3. The number of aromatic amines is 1. The van der Waals surface area contributed by atoms with Crippen LogP contribution in [0.3, 0.4) is 0 Å². The van der Waals surface area contributed by atoms with Crippen molar-refractivity contribution < 1.29 is 14.3 Å². The van der Waals surface area contributed by atoms with Crippen LogP contribution in [0.5, 0.6) is 0 Å². The summed E-state index contributed by atoms with van der Waals surface area (Å²) in [4.78, 5) is 37.8. The normalized spacial score (nSPS) is 19.3. The van der Waals surface area contributed by atoms with E-state index in [0.29, 0.717) is 48.8 Å². The molecule has 2 aromatic rings. The first-order valence-corrected chi connectivity index (χ1v) is 8.82. The van der Waals surface area contributed by atoms with Crippen LogP contribution in [0, 0.1) is 5.92 Å². The summed E-state index contributed by atoms with van der Waals surface area (Å²) in [5.41, 5.74) is 1.47. The topological polar surface area (TPSA) is 112 Å². The minimum Gasteiger partial charge on any atom is -0.383 e. The van der Waals surface area contributed by atoms with Crippen LogP contribution >= 0.6 is 0 Å². The molecule has 144 valence electrons. The van der Waals surface area contributed by atoms with E-state index in [1.54, 1.807) is 24.4 Å². The zero-order valence-corrected chi connectivity index (χ0v) is 15.5. The number of H-pyrrole nitrogens is 1. The van der Waals surface area contributed by atoms with Crippen molar-refractivity contribution in [3.63, 3.8) is 0 Å². The molecule has 1 saturated heterocycles. The zero-order chi connectivity index (χ0) is 19.4. The summed E-state index contributed by atoms with van der Waals surface area (Å²) in [6.45, 7) is 7.70. The summed E-state index contributed by atoms with van der Waals surface area (Å²) < 4.78 is 4.94. The fourth-order valence-electron chi connectivity index (χ4n) is 3.15. The molecule has 2 atom stereocenters. The van der Waals surface area contributed by atoms with E-state index in [9.17, 15) is 9.59 Å². The number of rotatable bonds is 7. The standard InChI is InChI=1S/C18H24N6O3/c1-4-15(25)24-9-11(2)13(10-24)22-14-8-21-17-16(23-14)12(7-20-17)18(26)19-5-6-27-3/h4,7-8,11,13H,1,5-6,9-10H2,2-3H3,(H,19,26)(H,20,21)(H,22,23). The maximum absolute atomic E-state index is 12.3. The number of methoxy groups -OCH3 is 1. The second-order valence-corrected chi connectivity index (χ2v) is 6.58. The number of carbonyl (C=O) groups is 2.